The Morgan fingerprint density at radius 1 is 1.25 bits per heavy atom. The minimum Gasteiger partial charge on any atom is -0.310 e. The van der Waals surface area contributed by atoms with Gasteiger partial charge in [-0.25, -0.2) is 4.98 Å². The number of aryl methyl sites for hydroxylation is 3. The molecule has 0 saturated carbocycles. The summed E-state index contributed by atoms with van der Waals surface area (Å²) in [6.07, 6.45) is -0.201. The second-order valence-corrected chi connectivity index (χ2v) is 5.73. The predicted molar refractivity (Wildman–Crippen MR) is 91.9 cm³/mol. The van der Waals surface area contributed by atoms with Crippen molar-refractivity contribution in [1.29, 1.82) is 5.26 Å². The van der Waals surface area contributed by atoms with Gasteiger partial charge in [0.1, 0.15) is 12.2 Å². The molecule has 1 amide bonds. The zero-order chi connectivity index (χ0) is 17.3. The molecule has 0 unspecified atom stereocenters. The van der Waals surface area contributed by atoms with Gasteiger partial charge in [0, 0.05) is 11.5 Å². The standard InChI is InChI=1S/C18H17N5O/c1-11-5-4-6-14-12(2)9-15(21-18(11)14)23-16(10-13(3)22-23)20-17(24)7-8-19/h4-6,9-10H,7H2,1-3H3,(H,20,24). The Labute approximate surface area is 139 Å². The number of benzene rings is 1. The Morgan fingerprint density at radius 3 is 2.79 bits per heavy atom. The molecule has 1 N–H and O–H groups in total. The molecule has 0 aliphatic carbocycles. The molecule has 6 nitrogen and oxygen atoms in total. The molecule has 2 aromatic heterocycles. The van der Waals surface area contributed by atoms with E-state index in [0.717, 1.165) is 27.7 Å². The molecule has 0 aliphatic heterocycles. The topological polar surface area (TPSA) is 83.6 Å². The molecule has 0 spiro atoms. The fourth-order valence-corrected chi connectivity index (χ4v) is 2.67. The highest BCUT2D eigenvalue weighted by atomic mass is 16.1. The number of para-hydroxylation sites is 1. The van der Waals surface area contributed by atoms with Gasteiger partial charge in [-0.3, -0.25) is 4.79 Å². The third kappa shape index (κ3) is 2.84. The number of aromatic nitrogens is 3. The van der Waals surface area contributed by atoms with E-state index < -0.39 is 0 Å². The van der Waals surface area contributed by atoms with Crippen molar-refractivity contribution < 1.29 is 4.79 Å². The number of carbonyl (C=O) groups is 1. The highest BCUT2D eigenvalue weighted by Gasteiger charge is 2.13. The van der Waals surface area contributed by atoms with Crippen molar-refractivity contribution in [2.45, 2.75) is 27.2 Å². The molecule has 0 aliphatic rings. The monoisotopic (exact) mass is 319 g/mol. The number of carbonyl (C=O) groups excluding carboxylic acids is 1. The normalized spacial score (nSPS) is 10.6. The molecule has 120 valence electrons. The van der Waals surface area contributed by atoms with Gasteiger partial charge in [0.05, 0.1) is 17.3 Å². The van der Waals surface area contributed by atoms with Gasteiger partial charge in [-0.2, -0.15) is 15.0 Å². The molecular formula is C18H17N5O. The van der Waals surface area contributed by atoms with Crippen LogP contribution >= 0.6 is 0 Å². The van der Waals surface area contributed by atoms with E-state index in [4.69, 9.17) is 10.2 Å². The molecular weight excluding hydrogens is 302 g/mol. The summed E-state index contributed by atoms with van der Waals surface area (Å²) in [6.45, 7) is 5.88. The Bertz CT molecular complexity index is 981. The summed E-state index contributed by atoms with van der Waals surface area (Å²) in [5, 5.41) is 16.9. The number of pyridine rings is 1. The van der Waals surface area contributed by atoms with Crippen LogP contribution in [0.15, 0.2) is 30.3 Å². The van der Waals surface area contributed by atoms with E-state index in [-0.39, 0.29) is 12.3 Å². The van der Waals surface area contributed by atoms with Crippen molar-refractivity contribution in [3.05, 3.63) is 47.2 Å². The molecule has 3 rings (SSSR count). The van der Waals surface area contributed by atoms with Crippen LogP contribution in [-0.4, -0.2) is 20.7 Å². The number of nitrogens with one attached hydrogen (secondary N) is 1. The lowest BCUT2D eigenvalue weighted by molar-refractivity contribution is -0.115. The van der Waals surface area contributed by atoms with E-state index in [1.165, 1.54) is 0 Å². The van der Waals surface area contributed by atoms with Gasteiger partial charge in [-0.1, -0.05) is 18.2 Å². The zero-order valence-corrected chi connectivity index (χ0v) is 13.8. The van der Waals surface area contributed by atoms with Crippen LogP contribution in [0.25, 0.3) is 16.7 Å². The van der Waals surface area contributed by atoms with Gasteiger partial charge in [-0.05, 0) is 38.0 Å². The lowest BCUT2D eigenvalue weighted by atomic mass is 10.1. The summed E-state index contributed by atoms with van der Waals surface area (Å²) in [7, 11) is 0. The number of amides is 1. The van der Waals surface area contributed by atoms with Gasteiger partial charge < -0.3 is 5.32 Å². The number of nitriles is 1. The summed E-state index contributed by atoms with van der Waals surface area (Å²) < 4.78 is 1.60. The second-order valence-electron chi connectivity index (χ2n) is 5.73. The molecule has 1 aromatic carbocycles. The SMILES string of the molecule is Cc1cc(NC(=O)CC#N)n(-c2cc(C)c3cccc(C)c3n2)n1. The number of anilines is 1. The van der Waals surface area contributed by atoms with Crippen molar-refractivity contribution in [1.82, 2.24) is 14.8 Å². The number of hydrogen-bond acceptors (Lipinski definition) is 4. The van der Waals surface area contributed by atoms with Gasteiger partial charge >= 0.3 is 0 Å². The Morgan fingerprint density at radius 2 is 2.04 bits per heavy atom. The lowest BCUT2D eigenvalue weighted by Crippen LogP contribution is -2.14. The van der Waals surface area contributed by atoms with Crippen molar-refractivity contribution in [2.24, 2.45) is 0 Å². The fraction of sp³-hybridized carbons (Fsp3) is 0.222. The van der Waals surface area contributed by atoms with E-state index in [1.54, 1.807) is 10.7 Å². The highest BCUT2D eigenvalue weighted by Crippen LogP contribution is 2.24. The summed E-state index contributed by atoms with van der Waals surface area (Å²) in [4.78, 5) is 16.5. The third-order valence-corrected chi connectivity index (χ3v) is 3.79. The molecule has 6 heteroatoms. The number of nitrogens with zero attached hydrogens (tertiary/aromatic N) is 4. The molecule has 24 heavy (non-hydrogen) atoms. The number of rotatable bonds is 3. The zero-order valence-electron chi connectivity index (χ0n) is 13.8. The smallest absolute Gasteiger partial charge is 0.239 e. The Kier molecular flexibility index (Phi) is 4.00. The average Bonchev–Trinajstić information content (AvgIpc) is 2.89. The van der Waals surface area contributed by atoms with E-state index in [9.17, 15) is 4.79 Å². The van der Waals surface area contributed by atoms with E-state index >= 15 is 0 Å². The van der Waals surface area contributed by atoms with Crippen LogP contribution in [0.5, 0.6) is 0 Å². The predicted octanol–water partition coefficient (Wildman–Crippen LogP) is 3.20. The largest absolute Gasteiger partial charge is 0.310 e. The van der Waals surface area contributed by atoms with Crippen molar-refractivity contribution in [3.63, 3.8) is 0 Å². The van der Waals surface area contributed by atoms with E-state index in [0.29, 0.717) is 11.6 Å². The molecule has 0 atom stereocenters. The highest BCUT2D eigenvalue weighted by molar-refractivity contribution is 5.91. The molecule has 2 heterocycles. The number of hydrogen-bond donors (Lipinski definition) is 1. The average molecular weight is 319 g/mol. The van der Waals surface area contributed by atoms with Crippen molar-refractivity contribution in [3.8, 4) is 11.9 Å². The summed E-state index contributed by atoms with van der Waals surface area (Å²) >= 11 is 0. The van der Waals surface area contributed by atoms with Crippen LogP contribution in [0.3, 0.4) is 0 Å². The first kappa shape index (κ1) is 15.7. The second kappa shape index (κ2) is 6.13. The molecule has 0 fully saturated rings. The van der Waals surface area contributed by atoms with Crippen LogP contribution < -0.4 is 5.32 Å². The summed E-state index contributed by atoms with van der Waals surface area (Å²) in [5.41, 5.74) is 3.83. The van der Waals surface area contributed by atoms with Crippen LogP contribution in [0.1, 0.15) is 23.2 Å². The minimum absolute atomic E-state index is 0.201. The number of fused-ring (bicyclic) bond motifs is 1. The Hall–Kier alpha value is -3.20. The van der Waals surface area contributed by atoms with Crippen LogP contribution in [0.2, 0.25) is 0 Å². The third-order valence-electron chi connectivity index (χ3n) is 3.79. The van der Waals surface area contributed by atoms with Gasteiger partial charge in [0.15, 0.2) is 5.82 Å². The fourth-order valence-electron chi connectivity index (χ4n) is 2.67. The lowest BCUT2D eigenvalue weighted by Gasteiger charge is -2.11. The van der Waals surface area contributed by atoms with Gasteiger partial charge in [0.2, 0.25) is 5.91 Å². The molecule has 3 aromatic rings. The first-order valence-electron chi connectivity index (χ1n) is 7.60. The maximum absolute atomic E-state index is 11.7. The van der Waals surface area contributed by atoms with Crippen molar-refractivity contribution >= 4 is 22.6 Å². The molecule has 0 saturated heterocycles. The van der Waals surface area contributed by atoms with Gasteiger partial charge in [-0.15, -0.1) is 0 Å². The summed E-state index contributed by atoms with van der Waals surface area (Å²) in [6, 6.07) is 11.6. The van der Waals surface area contributed by atoms with Crippen LogP contribution in [0, 0.1) is 32.1 Å². The van der Waals surface area contributed by atoms with Gasteiger partial charge in [0.25, 0.3) is 0 Å². The first-order chi connectivity index (χ1) is 11.5. The van der Waals surface area contributed by atoms with E-state index in [1.807, 2.05) is 51.1 Å². The maximum Gasteiger partial charge on any atom is 0.239 e. The summed E-state index contributed by atoms with van der Waals surface area (Å²) in [5.74, 6) is 0.773. The molecule has 0 bridgehead atoms. The maximum atomic E-state index is 11.7. The van der Waals surface area contributed by atoms with Crippen molar-refractivity contribution in [2.75, 3.05) is 5.32 Å². The Balaban J connectivity index is 2.13. The first-order valence-corrected chi connectivity index (χ1v) is 7.60. The van der Waals surface area contributed by atoms with Crippen LogP contribution in [-0.2, 0) is 4.79 Å². The van der Waals surface area contributed by atoms with Crippen LogP contribution in [0.4, 0.5) is 5.82 Å². The van der Waals surface area contributed by atoms with E-state index in [2.05, 4.69) is 10.4 Å². The minimum atomic E-state index is -0.368. The molecule has 0 radical (unpaired) electrons. The quantitative estimate of drug-likeness (QED) is 0.803.